The maximum atomic E-state index is 13.6. The number of anilines is 1. The standard InChI is InChI=1S/C24H31Cl2N3O4S/c1-6-21(24(31)27-16(2)3)28(14-18-9-7-8-10-20(18)26)23(30)15-29(34(5,32)33)22-13-19(25)12-11-17(22)4/h7-13,16,21H,6,14-15H2,1-5H3,(H,27,31)/t21-/m0/s1. The van der Waals surface area contributed by atoms with Gasteiger partial charge in [0.2, 0.25) is 21.8 Å². The second kappa shape index (κ2) is 11.9. The van der Waals surface area contributed by atoms with Gasteiger partial charge < -0.3 is 10.2 Å². The summed E-state index contributed by atoms with van der Waals surface area (Å²) in [5.74, 6) is -0.849. The summed E-state index contributed by atoms with van der Waals surface area (Å²) in [5.41, 5.74) is 1.60. The highest BCUT2D eigenvalue weighted by atomic mass is 35.5. The number of halogens is 2. The molecule has 0 spiro atoms. The Balaban J connectivity index is 2.50. The summed E-state index contributed by atoms with van der Waals surface area (Å²) in [7, 11) is -3.84. The van der Waals surface area contributed by atoms with E-state index in [1.807, 2.05) is 13.8 Å². The highest BCUT2D eigenvalue weighted by Gasteiger charge is 2.32. The lowest BCUT2D eigenvalue weighted by atomic mass is 10.1. The second-order valence-electron chi connectivity index (χ2n) is 8.40. The number of nitrogens with one attached hydrogen (secondary N) is 1. The number of hydrogen-bond acceptors (Lipinski definition) is 4. The molecule has 10 heteroatoms. The molecule has 1 atom stereocenters. The second-order valence-corrected chi connectivity index (χ2v) is 11.2. The largest absolute Gasteiger partial charge is 0.352 e. The lowest BCUT2D eigenvalue weighted by Crippen LogP contribution is -2.53. The maximum Gasteiger partial charge on any atom is 0.244 e. The van der Waals surface area contributed by atoms with Crippen LogP contribution in [0.3, 0.4) is 0 Å². The van der Waals surface area contributed by atoms with Gasteiger partial charge in [0.1, 0.15) is 12.6 Å². The van der Waals surface area contributed by atoms with Crippen LogP contribution in [0.4, 0.5) is 5.69 Å². The van der Waals surface area contributed by atoms with Crippen LogP contribution in [0.15, 0.2) is 42.5 Å². The Morgan fingerprint density at radius 2 is 1.74 bits per heavy atom. The normalized spacial score (nSPS) is 12.4. The first-order chi connectivity index (χ1) is 15.8. The summed E-state index contributed by atoms with van der Waals surface area (Å²) in [6.45, 7) is 6.76. The van der Waals surface area contributed by atoms with E-state index in [0.29, 0.717) is 33.3 Å². The molecule has 2 rings (SSSR count). The molecule has 0 heterocycles. The Kier molecular flexibility index (Phi) is 9.79. The van der Waals surface area contributed by atoms with E-state index in [2.05, 4.69) is 5.32 Å². The van der Waals surface area contributed by atoms with Crippen molar-refractivity contribution in [2.45, 2.75) is 52.7 Å². The van der Waals surface area contributed by atoms with Gasteiger partial charge in [0.25, 0.3) is 0 Å². The monoisotopic (exact) mass is 527 g/mol. The van der Waals surface area contributed by atoms with Gasteiger partial charge in [-0.05, 0) is 56.5 Å². The zero-order valence-corrected chi connectivity index (χ0v) is 22.3. The molecule has 1 N–H and O–H groups in total. The van der Waals surface area contributed by atoms with Gasteiger partial charge in [0, 0.05) is 22.6 Å². The Bertz CT molecular complexity index is 1140. The smallest absolute Gasteiger partial charge is 0.244 e. The fraction of sp³-hybridized carbons (Fsp3) is 0.417. The highest BCUT2D eigenvalue weighted by molar-refractivity contribution is 7.92. The molecule has 0 fully saturated rings. The number of hydrogen-bond donors (Lipinski definition) is 1. The number of amides is 2. The molecule has 34 heavy (non-hydrogen) atoms. The first-order valence-corrected chi connectivity index (χ1v) is 13.5. The van der Waals surface area contributed by atoms with E-state index in [1.54, 1.807) is 50.2 Å². The fourth-order valence-corrected chi connectivity index (χ4v) is 4.82. The third-order valence-electron chi connectivity index (χ3n) is 5.23. The molecule has 0 aromatic heterocycles. The van der Waals surface area contributed by atoms with Gasteiger partial charge in [-0.3, -0.25) is 13.9 Å². The summed E-state index contributed by atoms with van der Waals surface area (Å²) >= 11 is 12.5. The molecule has 0 saturated heterocycles. The SMILES string of the molecule is CC[C@@H](C(=O)NC(C)C)N(Cc1ccccc1Cl)C(=O)CN(c1cc(Cl)ccc1C)S(C)(=O)=O. The predicted molar refractivity (Wildman–Crippen MR) is 138 cm³/mol. The first kappa shape index (κ1) is 28.0. The molecule has 186 valence electrons. The Morgan fingerprint density at radius 1 is 1.09 bits per heavy atom. The van der Waals surface area contributed by atoms with Crippen molar-refractivity contribution in [2.24, 2.45) is 0 Å². The average molecular weight is 529 g/mol. The number of carbonyl (C=O) groups excluding carboxylic acids is 2. The quantitative estimate of drug-likeness (QED) is 0.495. The van der Waals surface area contributed by atoms with Crippen molar-refractivity contribution < 1.29 is 18.0 Å². The summed E-state index contributed by atoms with van der Waals surface area (Å²) in [4.78, 5) is 28.0. The molecular weight excluding hydrogens is 497 g/mol. The Labute approximate surface area is 212 Å². The topological polar surface area (TPSA) is 86.8 Å². The van der Waals surface area contributed by atoms with Gasteiger partial charge in [0.15, 0.2) is 0 Å². The molecule has 0 unspecified atom stereocenters. The van der Waals surface area contributed by atoms with Crippen LogP contribution in [-0.2, 0) is 26.2 Å². The van der Waals surface area contributed by atoms with Gasteiger partial charge in [-0.1, -0.05) is 54.4 Å². The molecule has 2 aromatic carbocycles. The van der Waals surface area contributed by atoms with Crippen molar-refractivity contribution in [3.05, 3.63) is 63.6 Å². The summed E-state index contributed by atoms with van der Waals surface area (Å²) < 4.78 is 26.4. The van der Waals surface area contributed by atoms with Gasteiger partial charge in [-0.2, -0.15) is 0 Å². The molecule has 0 bridgehead atoms. The van der Waals surface area contributed by atoms with Crippen LogP contribution in [0.25, 0.3) is 0 Å². The van der Waals surface area contributed by atoms with Crippen molar-refractivity contribution in [3.8, 4) is 0 Å². The number of sulfonamides is 1. The maximum absolute atomic E-state index is 13.6. The van der Waals surface area contributed by atoms with E-state index in [9.17, 15) is 18.0 Å². The van der Waals surface area contributed by atoms with Gasteiger partial charge in [-0.15, -0.1) is 0 Å². The van der Waals surface area contributed by atoms with E-state index in [0.717, 1.165) is 10.6 Å². The number of carbonyl (C=O) groups is 2. The van der Waals surface area contributed by atoms with Crippen LogP contribution in [0.5, 0.6) is 0 Å². The minimum atomic E-state index is -3.84. The number of rotatable bonds is 10. The molecule has 0 radical (unpaired) electrons. The molecule has 2 aromatic rings. The minimum absolute atomic E-state index is 0.0503. The van der Waals surface area contributed by atoms with Crippen molar-refractivity contribution in [2.75, 3.05) is 17.1 Å². The lowest BCUT2D eigenvalue weighted by molar-refractivity contribution is -0.140. The molecular formula is C24H31Cl2N3O4S. The number of benzene rings is 2. The molecule has 0 aliphatic rings. The van der Waals surface area contributed by atoms with Crippen LogP contribution in [-0.4, -0.2) is 50.0 Å². The van der Waals surface area contributed by atoms with Crippen LogP contribution in [0.2, 0.25) is 10.0 Å². The van der Waals surface area contributed by atoms with Gasteiger partial charge in [0.05, 0.1) is 11.9 Å². The van der Waals surface area contributed by atoms with Gasteiger partial charge >= 0.3 is 0 Å². The van der Waals surface area contributed by atoms with Crippen molar-refractivity contribution in [3.63, 3.8) is 0 Å². The van der Waals surface area contributed by atoms with Gasteiger partial charge in [-0.25, -0.2) is 8.42 Å². The average Bonchev–Trinajstić information content (AvgIpc) is 2.73. The third kappa shape index (κ3) is 7.35. The first-order valence-electron chi connectivity index (χ1n) is 10.9. The lowest BCUT2D eigenvalue weighted by Gasteiger charge is -2.33. The molecule has 2 amide bonds. The summed E-state index contributed by atoms with van der Waals surface area (Å²) in [6.07, 6.45) is 1.37. The third-order valence-corrected chi connectivity index (χ3v) is 6.96. The summed E-state index contributed by atoms with van der Waals surface area (Å²) in [5, 5.41) is 3.64. The fourth-order valence-electron chi connectivity index (χ4n) is 3.56. The van der Waals surface area contributed by atoms with E-state index in [-0.39, 0.29) is 18.5 Å². The molecule has 7 nitrogen and oxygen atoms in total. The van der Waals surface area contributed by atoms with E-state index >= 15 is 0 Å². The minimum Gasteiger partial charge on any atom is -0.352 e. The van der Waals surface area contributed by atoms with E-state index in [1.165, 1.54) is 11.0 Å². The predicted octanol–water partition coefficient (Wildman–Crippen LogP) is 4.40. The van der Waals surface area contributed by atoms with E-state index in [4.69, 9.17) is 23.2 Å². The van der Waals surface area contributed by atoms with E-state index < -0.39 is 28.5 Å². The van der Waals surface area contributed by atoms with Crippen molar-refractivity contribution in [1.29, 1.82) is 0 Å². The zero-order valence-electron chi connectivity index (χ0n) is 20.0. The zero-order chi connectivity index (χ0) is 25.6. The van der Waals surface area contributed by atoms with Crippen LogP contribution < -0.4 is 9.62 Å². The summed E-state index contributed by atoms with van der Waals surface area (Å²) in [6, 6.07) is 10.9. The van der Waals surface area contributed by atoms with Crippen LogP contribution in [0, 0.1) is 6.92 Å². The van der Waals surface area contributed by atoms with Crippen molar-refractivity contribution in [1.82, 2.24) is 10.2 Å². The number of aryl methyl sites for hydroxylation is 1. The van der Waals surface area contributed by atoms with Crippen molar-refractivity contribution >= 4 is 50.7 Å². The number of nitrogens with zero attached hydrogens (tertiary/aromatic N) is 2. The Morgan fingerprint density at radius 3 is 2.29 bits per heavy atom. The molecule has 0 aliphatic carbocycles. The molecule has 0 saturated carbocycles. The van der Waals surface area contributed by atoms with Crippen LogP contribution in [0.1, 0.15) is 38.3 Å². The highest BCUT2D eigenvalue weighted by Crippen LogP contribution is 2.27. The Hall–Kier alpha value is -2.29. The van der Waals surface area contributed by atoms with Crippen LogP contribution >= 0.6 is 23.2 Å². The molecule has 0 aliphatic heterocycles.